The van der Waals surface area contributed by atoms with Gasteiger partial charge in [-0.1, -0.05) is 6.07 Å². The number of hydrogen-bond donors (Lipinski definition) is 0. The minimum atomic E-state index is -0.177. The average Bonchev–Trinajstić information content (AvgIpc) is 2.51. The minimum Gasteiger partial charge on any atom is -0.497 e. The Morgan fingerprint density at radius 2 is 2.00 bits per heavy atom. The fourth-order valence-corrected chi connectivity index (χ4v) is 2.96. The second-order valence-corrected chi connectivity index (χ2v) is 5.31. The molecule has 0 aromatic heterocycles. The molecule has 0 fully saturated rings. The van der Waals surface area contributed by atoms with Gasteiger partial charge in [-0.25, -0.2) is 0 Å². The number of rotatable bonds is 6. The molecule has 0 saturated heterocycles. The highest BCUT2D eigenvalue weighted by Gasteiger charge is 2.25. The van der Waals surface area contributed by atoms with Crippen molar-refractivity contribution in [1.82, 2.24) is 4.90 Å². The highest BCUT2D eigenvalue weighted by Crippen LogP contribution is 2.35. The second-order valence-electron chi connectivity index (χ2n) is 5.31. The number of likely N-dealkylation sites (N-methyl/N-ethyl adjacent to an activating group) is 1. The molecule has 1 aromatic carbocycles. The van der Waals surface area contributed by atoms with Crippen LogP contribution in [0.5, 0.6) is 5.75 Å². The first kappa shape index (κ1) is 15.3. The van der Waals surface area contributed by atoms with Crippen LogP contribution in [0.1, 0.15) is 30.0 Å². The summed E-state index contributed by atoms with van der Waals surface area (Å²) in [6, 6.07) is 6.84. The largest absolute Gasteiger partial charge is 0.497 e. The van der Waals surface area contributed by atoms with Gasteiger partial charge in [0.05, 0.1) is 7.11 Å². The molecule has 1 aliphatic carbocycles. The Kier molecular flexibility index (Phi) is 5.40. The summed E-state index contributed by atoms with van der Waals surface area (Å²) < 4.78 is 15.9. The van der Waals surface area contributed by atoms with Crippen LogP contribution in [-0.2, 0) is 15.9 Å². The van der Waals surface area contributed by atoms with Crippen molar-refractivity contribution in [1.29, 1.82) is 0 Å². The third-order valence-electron chi connectivity index (χ3n) is 4.13. The van der Waals surface area contributed by atoms with E-state index in [1.165, 1.54) is 24.0 Å². The van der Waals surface area contributed by atoms with Crippen LogP contribution in [-0.4, -0.2) is 46.1 Å². The van der Waals surface area contributed by atoms with Gasteiger partial charge in [0, 0.05) is 26.8 Å². The SMILES string of the molecule is COc1ccc2c(c1)CCCC2N(C)CC(OC)OC. The van der Waals surface area contributed by atoms with Crippen LogP contribution in [0.4, 0.5) is 0 Å². The van der Waals surface area contributed by atoms with Crippen molar-refractivity contribution in [2.45, 2.75) is 31.6 Å². The predicted molar refractivity (Wildman–Crippen MR) is 79.1 cm³/mol. The van der Waals surface area contributed by atoms with Crippen LogP contribution in [0.2, 0.25) is 0 Å². The summed E-state index contributed by atoms with van der Waals surface area (Å²) in [7, 11) is 7.22. The molecule has 112 valence electrons. The Balaban J connectivity index is 2.15. The van der Waals surface area contributed by atoms with Crippen molar-refractivity contribution in [3.63, 3.8) is 0 Å². The van der Waals surface area contributed by atoms with Crippen molar-refractivity contribution < 1.29 is 14.2 Å². The Hall–Kier alpha value is -1.10. The van der Waals surface area contributed by atoms with Crippen LogP contribution in [0.3, 0.4) is 0 Å². The predicted octanol–water partition coefficient (Wildman–Crippen LogP) is 2.62. The van der Waals surface area contributed by atoms with E-state index < -0.39 is 0 Å². The quantitative estimate of drug-likeness (QED) is 0.749. The van der Waals surface area contributed by atoms with E-state index in [-0.39, 0.29) is 6.29 Å². The Morgan fingerprint density at radius 1 is 1.25 bits per heavy atom. The molecule has 1 aliphatic rings. The van der Waals surface area contributed by atoms with Gasteiger partial charge in [-0.3, -0.25) is 4.90 Å². The summed E-state index contributed by atoms with van der Waals surface area (Å²) in [5.74, 6) is 0.943. The standard InChI is InChI=1S/C16H25NO3/c1-17(11-16(19-3)20-4)15-7-5-6-12-10-13(18-2)8-9-14(12)15/h8-10,15-16H,5-7,11H2,1-4H3. The fourth-order valence-electron chi connectivity index (χ4n) is 2.96. The maximum Gasteiger partial charge on any atom is 0.169 e. The molecule has 0 N–H and O–H groups in total. The maximum atomic E-state index is 5.32. The molecule has 0 radical (unpaired) electrons. The Bertz CT molecular complexity index is 432. The molecule has 4 heteroatoms. The second kappa shape index (κ2) is 7.07. The monoisotopic (exact) mass is 279 g/mol. The molecule has 0 heterocycles. The van der Waals surface area contributed by atoms with Gasteiger partial charge in [-0.05, 0) is 49.6 Å². The van der Waals surface area contributed by atoms with Gasteiger partial charge >= 0.3 is 0 Å². The van der Waals surface area contributed by atoms with Crippen molar-refractivity contribution in [3.05, 3.63) is 29.3 Å². The van der Waals surface area contributed by atoms with E-state index in [1.807, 2.05) is 0 Å². The Labute approximate surface area is 121 Å². The normalized spacial score (nSPS) is 18.4. The summed E-state index contributed by atoms with van der Waals surface area (Å²) in [6.07, 6.45) is 3.34. The van der Waals surface area contributed by atoms with Crippen molar-refractivity contribution >= 4 is 0 Å². The number of benzene rings is 1. The highest BCUT2D eigenvalue weighted by molar-refractivity contribution is 5.39. The zero-order chi connectivity index (χ0) is 14.5. The number of ether oxygens (including phenoxy) is 3. The van der Waals surface area contributed by atoms with Gasteiger partial charge in [-0.15, -0.1) is 0 Å². The van der Waals surface area contributed by atoms with Crippen LogP contribution in [0, 0.1) is 0 Å². The van der Waals surface area contributed by atoms with Gasteiger partial charge in [0.2, 0.25) is 0 Å². The first-order chi connectivity index (χ1) is 9.69. The lowest BCUT2D eigenvalue weighted by atomic mass is 9.87. The van der Waals surface area contributed by atoms with Crippen LogP contribution in [0.15, 0.2) is 18.2 Å². The summed E-state index contributed by atoms with van der Waals surface area (Å²) >= 11 is 0. The molecule has 2 rings (SSSR count). The van der Waals surface area contributed by atoms with E-state index in [0.717, 1.165) is 18.7 Å². The number of nitrogens with zero attached hydrogens (tertiary/aromatic N) is 1. The lowest BCUT2D eigenvalue weighted by Crippen LogP contribution is -2.36. The van der Waals surface area contributed by atoms with E-state index in [9.17, 15) is 0 Å². The van der Waals surface area contributed by atoms with Crippen LogP contribution >= 0.6 is 0 Å². The lowest BCUT2D eigenvalue weighted by Gasteiger charge is -2.34. The van der Waals surface area contributed by atoms with E-state index in [4.69, 9.17) is 14.2 Å². The van der Waals surface area contributed by atoms with Crippen molar-refractivity contribution in [2.24, 2.45) is 0 Å². The molecule has 0 spiro atoms. The molecule has 0 aliphatic heterocycles. The van der Waals surface area contributed by atoms with Gasteiger partial charge in [0.1, 0.15) is 5.75 Å². The van der Waals surface area contributed by atoms with E-state index in [1.54, 1.807) is 21.3 Å². The molecule has 0 bridgehead atoms. The fraction of sp³-hybridized carbons (Fsp3) is 0.625. The number of methoxy groups -OCH3 is 3. The Morgan fingerprint density at radius 3 is 2.65 bits per heavy atom. The zero-order valence-electron chi connectivity index (χ0n) is 12.9. The van der Waals surface area contributed by atoms with Crippen LogP contribution < -0.4 is 4.74 Å². The third-order valence-corrected chi connectivity index (χ3v) is 4.13. The third kappa shape index (κ3) is 3.32. The minimum absolute atomic E-state index is 0.177. The number of fused-ring (bicyclic) bond motifs is 1. The summed E-state index contributed by atoms with van der Waals surface area (Å²) in [5.41, 5.74) is 2.81. The summed E-state index contributed by atoms with van der Waals surface area (Å²) in [5, 5.41) is 0. The molecule has 1 atom stereocenters. The van der Waals surface area contributed by atoms with Crippen molar-refractivity contribution in [3.8, 4) is 5.75 Å². The average molecular weight is 279 g/mol. The van der Waals surface area contributed by atoms with Crippen molar-refractivity contribution in [2.75, 3.05) is 34.9 Å². The number of aryl methyl sites for hydroxylation is 1. The molecule has 0 amide bonds. The molecule has 1 unspecified atom stereocenters. The molecule has 4 nitrogen and oxygen atoms in total. The first-order valence-corrected chi connectivity index (χ1v) is 7.12. The van der Waals surface area contributed by atoms with Gasteiger partial charge in [0.15, 0.2) is 6.29 Å². The summed E-state index contributed by atoms with van der Waals surface area (Å²) in [6.45, 7) is 0.767. The topological polar surface area (TPSA) is 30.9 Å². The highest BCUT2D eigenvalue weighted by atomic mass is 16.7. The summed E-state index contributed by atoms with van der Waals surface area (Å²) in [4.78, 5) is 2.32. The van der Waals surface area contributed by atoms with Crippen LogP contribution in [0.25, 0.3) is 0 Å². The smallest absolute Gasteiger partial charge is 0.169 e. The zero-order valence-corrected chi connectivity index (χ0v) is 12.9. The molecule has 0 saturated carbocycles. The maximum absolute atomic E-state index is 5.32. The first-order valence-electron chi connectivity index (χ1n) is 7.12. The lowest BCUT2D eigenvalue weighted by molar-refractivity contribution is -0.118. The molecular weight excluding hydrogens is 254 g/mol. The van der Waals surface area contributed by atoms with E-state index in [2.05, 4.69) is 30.1 Å². The van der Waals surface area contributed by atoms with E-state index >= 15 is 0 Å². The molecular formula is C16H25NO3. The van der Waals surface area contributed by atoms with Gasteiger partial charge in [0.25, 0.3) is 0 Å². The van der Waals surface area contributed by atoms with E-state index in [0.29, 0.717) is 6.04 Å². The number of hydrogen-bond acceptors (Lipinski definition) is 4. The molecule has 20 heavy (non-hydrogen) atoms. The molecule has 1 aromatic rings. The van der Waals surface area contributed by atoms with Gasteiger partial charge < -0.3 is 14.2 Å². The van der Waals surface area contributed by atoms with Gasteiger partial charge in [-0.2, -0.15) is 0 Å².